The van der Waals surface area contributed by atoms with E-state index in [2.05, 4.69) is 11.9 Å². The maximum absolute atomic E-state index is 12.4. The van der Waals surface area contributed by atoms with E-state index in [4.69, 9.17) is 35.3 Å². The van der Waals surface area contributed by atoms with Crippen molar-refractivity contribution >= 4 is 23.7 Å². The van der Waals surface area contributed by atoms with Crippen LogP contribution in [-0.2, 0) is 30.1 Å². The number of H-pyrrole nitrogens is 1. The van der Waals surface area contributed by atoms with Crippen LogP contribution in [0.4, 0.5) is 4.79 Å². The molecule has 0 radical (unpaired) electrons. The summed E-state index contributed by atoms with van der Waals surface area (Å²) in [6.45, 7) is 7.34. The number of hydrogen-bond acceptors (Lipinski definition) is 7. The zero-order chi connectivity index (χ0) is 26.4. The highest BCUT2D eigenvalue weighted by atomic mass is 35.5. The summed E-state index contributed by atoms with van der Waals surface area (Å²) in [6.07, 6.45) is 14.5. The molecule has 208 valence electrons. The second-order valence-corrected chi connectivity index (χ2v) is 9.16. The van der Waals surface area contributed by atoms with Gasteiger partial charge in [0.25, 0.3) is 0 Å². The lowest BCUT2D eigenvalue weighted by atomic mass is 10.0. The predicted molar refractivity (Wildman–Crippen MR) is 141 cm³/mol. The first-order valence-electron chi connectivity index (χ1n) is 13.5. The Hall–Kier alpha value is -1.77. The Labute approximate surface area is 221 Å². The molecule has 0 aromatic carbocycles. The summed E-state index contributed by atoms with van der Waals surface area (Å²) in [4.78, 5) is 27.0. The second-order valence-electron chi connectivity index (χ2n) is 8.79. The number of esters is 1. The summed E-state index contributed by atoms with van der Waals surface area (Å²) in [5.41, 5.74) is 1.04. The lowest BCUT2D eigenvalue weighted by molar-refractivity contribution is -0.0853. The molecule has 1 heterocycles. The number of rotatable bonds is 22. The number of aromatic amines is 1. The highest BCUT2D eigenvalue weighted by Gasteiger charge is 2.21. The molecule has 0 bridgehead atoms. The molecule has 0 aliphatic carbocycles. The average Bonchev–Trinajstić information content (AvgIpc) is 3.22. The van der Waals surface area contributed by atoms with Crippen molar-refractivity contribution in [3.63, 3.8) is 0 Å². The summed E-state index contributed by atoms with van der Waals surface area (Å²) < 4.78 is 25.4. The van der Waals surface area contributed by atoms with Gasteiger partial charge in [-0.05, 0) is 25.3 Å². The van der Waals surface area contributed by atoms with E-state index < -0.39 is 18.4 Å². The van der Waals surface area contributed by atoms with Gasteiger partial charge in [-0.2, -0.15) is 0 Å². The molecule has 9 heteroatoms. The Bertz CT molecular complexity index is 710. The van der Waals surface area contributed by atoms with E-state index in [-0.39, 0.29) is 18.9 Å². The van der Waals surface area contributed by atoms with Gasteiger partial charge in [0.2, 0.25) is 6.29 Å². The van der Waals surface area contributed by atoms with Gasteiger partial charge in [-0.3, -0.25) is 0 Å². The van der Waals surface area contributed by atoms with E-state index in [0.717, 1.165) is 24.8 Å². The molecule has 0 aliphatic rings. The molecule has 36 heavy (non-hydrogen) atoms. The van der Waals surface area contributed by atoms with Crippen LogP contribution in [-0.4, -0.2) is 56.4 Å². The van der Waals surface area contributed by atoms with E-state index in [9.17, 15) is 9.59 Å². The first kappa shape index (κ1) is 32.3. The third-order valence-corrected chi connectivity index (χ3v) is 6.14. The van der Waals surface area contributed by atoms with Crippen molar-refractivity contribution in [1.29, 1.82) is 0 Å². The van der Waals surface area contributed by atoms with E-state index in [0.29, 0.717) is 24.8 Å². The molecule has 0 aliphatic heterocycles. The third kappa shape index (κ3) is 15.4. The number of halogens is 1. The Morgan fingerprint density at radius 2 is 1.42 bits per heavy atom. The number of aryl methyl sites for hydroxylation is 1. The van der Waals surface area contributed by atoms with Crippen LogP contribution in [0.3, 0.4) is 0 Å². The minimum absolute atomic E-state index is 0.0243. The van der Waals surface area contributed by atoms with Crippen molar-refractivity contribution in [1.82, 2.24) is 4.98 Å². The standard InChI is InChI=1S/C27H46ClNO7/c1-4-6-7-8-9-10-11-12-13-14-15-16-23-21-29-25(24(23)28)26(30)35-22(3)36-27(31)34-20-19-33-18-17-32-5-2/h21-22,29H,4-20H2,1-3H3. The Balaban J connectivity index is 2.18. The summed E-state index contributed by atoms with van der Waals surface area (Å²) in [7, 11) is 0. The van der Waals surface area contributed by atoms with Crippen molar-refractivity contribution in [2.24, 2.45) is 0 Å². The normalized spacial score (nSPS) is 11.9. The second kappa shape index (κ2) is 21.3. The van der Waals surface area contributed by atoms with Gasteiger partial charge >= 0.3 is 12.1 Å². The van der Waals surface area contributed by atoms with E-state index in [1.807, 2.05) is 6.92 Å². The number of nitrogens with one attached hydrogen (secondary N) is 1. The molecule has 0 saturated heterocycles. The first-order chi connectivity index (χ1) is 17.5. The largest absolute Gasteiger partial charge is 0.511 e. The molecular formula is C27H46ClNO7. The highest BCUT2D eigenvalue weighted by Crippen LogP contribution is 2.24. The Morgan fingerprint density at radius 1 is 0.833 bits per heavy atom. The Kier molecular flexibility index (Phi) is 19.1. The van der Waals surface area contributed by atoms with Gasteiger partial charge in [0.15, 0.2) is 0 Å². The monoisotopic (exact) mass is 531 g/mol. The quantitative estimate of drug-likeness (QED) is 0.0957. The van der Waals surface area contributed by atoms with Crippen LogP contribution in [0.5, 0.6) is 0 Å². The summed E-state index contributed by atoms with van der Waals surface area (Å²) in [6, 6.07) is 0. The third-order valence-electron chi connectivity index (χ3n) is 5.70. The SMILES string of the molecule is CCCCCCCCCCCCCc1c[nH]c(C(=O)OC(C)OC(=O)OCCOCCOCC)c1Cl. The number of aromatic nitrogens is 1. The molecule has 0 saturated carbocycles. The minimum atomic E-state index is -1.13. The van der Waals surface area contributed by atoms with Gasteiger partial charge in [0, 0.05) is 19.7 Å². The van der Waals surface area contributed by atoms with Crippen molar-refractivity contribution in [3.8, 4) is 0 Å². The fourth-order valence-electron chi connectivity index (χ4n) is 3.71. The van der Waals surface area contributed by atoms with E-state index >= 15 is 0 Å². The number of hydrogen-bond donors (Lipinski definition) is 1. The minimum Gasteiger partial charge on any atom is -0.432 e. The van der Waals surface area contributed by atoms with Crippen molar-refractivity contribution in [2.75, 3.05) is 33.0 Å². The predicted octanol–water partition coefficient (Wildman–Crippen LogP) is 7.23. The molecule has 1 aromatic heterocycles. The van der Waals surface area contributed by atoms with Crippen LogP contribution >= 0.6 is 11.6 Å². The van der Waals surface area contributed by atoms with Crippen LogP contribution in [0.15, 0.2) is 6.20 Å². The van der Waals surface area contributed by atoms with Gasteiger partial charge in [-0.1, -0.05) is 82.7 Å². The van der Waals surface area contributed by atoms with Gasteiger partial charge in [-0.25, -0.2) is 9.59 Å². The van der Waals surface area contributed by atoms with Gasteiger partial charge in [0.05, 0.1) is 24.8 Å². The maximum Gasteiger partial charge on any atom is 0.511 e. The van der Waals surface area contributed by atoms with Crippen LogP contribution in [0.25, 0.3) is 0 Å². The average molecular weight is 532 g/mol. The molecule has 1 atom stereocenters. The van der Waals surface area contributed by atoms with Crippen LogP contribution in [0, 0.1) is 0 Å². The van der Waals surface area contributed by atoms with E-state index in [1.165, 1.54) is 64.7 Å². The van der Waals surface area contributed by atoms with E-state index in [1.54, 1.807) is 6.20 Å². The smallest absolute Gasteiger partial charge is 0.432 e. The lowest BCUT2D eigenvalue weighted by Gasteiger charge is -2.13. The molecule has 0 spiro atoms. The number of unbranched alkanes of at least 4 members (excludes halogenated alkanes) is 10. The summed E-state index contributed by atoms with van der Waals surface area (Å²) in [5, 5.41) is 0.353. The van der Waals surface area contributed by atoms with Crippen LogP contribution in [0.2, 0.25) is 5.02 Å². The molecule has 1 rings (SSSR count). The van der Waals surface area contributed by atoms with Crippen LogP contribution < -0.4 is 0 Å². The molecule has 0 fully saturated rings. The van der Waals surface area contributed by atoms with Crippen LogP contribution in [0.1, 0.15) is 107 Å². The Morgan fingerprint density at radius 3 is 2.06 bits per heavy atom. The topological polar surface area (TPSA) is 96.1 Å². The molecule has 1 N–H and O–H groups in total. The van der Waals surface area contributed by atoms with Crippen molar-refractivity contribution in [2.45, 2.75) is 104 Å². The molecule has 0 amide bonds. The first-order valence-corrected chi connectivity index (χ1v) is 13.9. The summed E-state index contributed by atoms with van der Waals surface area (Å²) in [5.74, 6) is -0.690. The number of carbonyl (C=O) groups excluding carboxylic acids is 2. The maximum atomic E-state index is 12.4. The molecular weight excluding hydrogens is 486 g/mol. The van der Waals surface area contributed by atoms with Gasteiger partial charge < -0.3 is 28.7 Å². The van der Waals surface area contributed by atoms with Crippen molar-refractivity contribution in [3.05, 3.63) is 22.5 Å². The number of carbonyl (C=O) groups is 2. The molecule has 1 unspecified atom stereocenters. The fourth-order valence-corrected chi connectivity index (χ4v) is 3.99. The van der Waals surface area contributed by atoms with Crippen molar-refractivity contribution < 1.29 is 33.3 Å². The zero-order valence-electron chi connectivity index (χ0n) is 22.4. The summed E-state index contributed by atoms with van der Waals surface area (Å²) >= 11 is 6.38. The fraction of sp³-hybridized carbons (Fsp3) is 0.778. The van der Waals surface area contributed by atoms with Gasteiger partial charge in [-0.15, -0.1) is 0 Å². The lowest BCUT2D eigenvalue weighted by Crippen LogP contribution is -2.23. The van der Waals surface area contributed by atoms with Gasteiger partial charge in [0.1, 0.15) is 12.3 Å². The molecule has 1 aromatic rings. The number of ether oxygens (including phenoxy) is 5. The zero-order valence-corrected chi connectivity index (χ0v) is 23.2. The molecule has 8 nitrogen and oxygen atoms in total. The highest BCUT2D eigenvalue weighted by molar-refractivity contribution is 6.34.